The lowest BCUT2D eigenvalue weighted by Gasteiger charge is -2.14. The normalized spacial score (nSPS) is 14.4. The topological polar surface area (TPSA) is 64.9 Å². The van der Waals surface area contributed by atoms with Gasteiger partial charge in [0.2, 0.25) is 5.89 Å². The van der Waals surface area contributed by atoms with Gasteiger partial charge in [0.25, 0.3) is 0 Å². The summed E-state index contributed by atoms with van der Waals surface area (Å²) >= 11 is 0. The van der Waals surface area contributed by atoms with Crippen LogP contribution in [-0.4, -0.2) is 16.2 Å². The molecule has 0 aliphatic carbocycles. The van der Waals surface area contributed by atoms with Gasteiger partial charge in [0.05, 0.1) is 0 Å². The molecule has 1 unspecified atom stereocenters. The van der Waals surface area contributed by atoms with Crippen molar-refractivity contribution >= 4 is 0 Å². The maximum absolute atomic E-state index is 5.63. The summed E-state index contributed by atoms with van der Waals surface area (Å²) in [6.45, 7) is 8.37. The van der Waals surface area contributed by atoms with Crippen molar-refractivity contribution in [2.75, 3.05) is 0 Å². The molecule has 0 aliphatic heterocycles. The van der Waals surface area contributed by atoms with Crippen LogP contribution in [0.3, 0.4) is 0 Å². The van der Waals surface area contributed by atoms with Gasteiger partial charge in [-0.3, -0.25) is 0 Å². The highest BCUT2D eigenvalue weighted by Crippen LogP contribution is 2.18. The van der Waals surface area contributed by atoms with Crippen molar-refractivity contribution in [3.8, 4) is 0 Å². The van der Waals surface area contributed by atoms with Gasteiger partial charge in [-0.15, -0.1) is 0 Å². The van der Waals surface area contributed by atoms with E-state index in [0.717, 1.165) is 12.2 Å². The van der Waals surface area contributed by atoms with Gasteiger partial charge in [-0.1, -0.05) is 25.9 Å². The van der Waals surface area contributed by atoms with E-state index >= 15 is 0 Å². The number of aromatic nitrogens is 2. The van der Waals surface area contributed by atoms with Crippen LogP contribution in [0.1, 0.15) is 39.4 Å². The van der Waals surface area contributed by atoms with Gasteiger partial charge in [-0.05, 0) is 12.3 Å². The average molecular weight is 197 g/mol. The second-order valence-corrected chi connectivity index (χ2v) is 5.02. The molecule has 0 aliphatic rings. The van der Waals surface area contributed by atoms with Gasteiger partial charge in [0, 0.05) is 18.9 Å². The van der Waals surface area contributed by atoms with E-state index < -0.39 is 0 Å². The third-order valence-electron chi connectivity index (χ3n) is 1.70. The summed E-state index contributed by atoms with van der Waals surface area (Å²) < 4.78 is 5.08. The fraction of sp³-hybridized carbons (Fsp3) is 0.800. The van der Waals surface area contributed by atoms with E-state index in [-0.39, 0.29) is 11.5 Å². The monoisotopic (exact) mass is 197 g/mol. The van der Waals surface area contributed by atoms with Crippen LogP contribution in [0.4, 0.5) is 0 Å². The van der Waals surface area contributed by atoms with Crippen LogP contribution in [0.2, 0.25) is 0 Å². The standard InChI is InChI=1S/C10H19N3O/c1-7(11)5-9-12-8(13-14-9)6-10(2,3)4/h7H,5-6,11H2,1-4H3. The molecule has 80 valence electrons. The summed E-state index contributed by atoms with van der Waals surface area (Å²) in [6.07, 6.45) is 1.48. The van der Waals surface area contributed by atoms with Crippen molar-refractivity contribution in [2.24, 2.45) is 11.1 Å². The molecule has 0 saturated carbocycles. The Balaban J connectivity index is 2.60. The minimum atomic E-state index is 0.0675. The average Bonchev–Trinajstić information content (AvgIpc) is 2.30. The first-order valence-electron chi connectivity index (χ1n) is 4.94. The first-order valence-corrected chi connectivity index (χ1v) is 4.94. The number of nitrogens with zero attached hydrogens (tertiary/aromatic N) is 2. The first kappa shape index (κ1) is 11.2. The predicted octanol–water partition coefficient (Wildman–Crippen LogP) is 1.55. The fourth-order valence-electron chi connectivity index (χ4n) is 1.19. The molecule has 4 heteroatoms. The van der Waals surface area contributed by atoms with Gasteiger partial charge in [-0.2, -0.15) is 4.98 Å². The molecule has 1 aromatic rings. The molecule has 0 spiro atoms. The molecule has 1 atom stereocenters. The molecule has 1 rings (SSSR count). The van der Waals surface area contributed by atoms with Crippen molar-refractivity contribution < 1.29 is 4.52 Å². The molecular formula is C10H19N3O. The van der Waals surface area contributed by atoms with Gasteiger partial charge in [0.15, 0.2) is 5.82 Å². The quantitative estimate of drug-likeness (QED) is 0.798. The lowest BCUT2D eigenvalue weighted by atomic mass is 9.92. The molecule has 2 N–H and O–H groups in total. The summed E-state index contributed by atoms with van der Waals surface area (Å²) in [5, 5.41) is 3.91. The molecule has 0 aromatic carbocycles. The summed E-state index contributed by atoms with van der Waals surface area (Å²) in [6, 6.07) is 0.0675. The van der Waals surface area contributed by atoms with Crippen LogP contribution in [0.15, 0.2) is 4.52 Å². The van der Waals surface area contributed by atoms with Crippen molar-refractivity contribution in [1.82, 2.24) is 10.1 Å². The summed E-state index contributed by atoms with van der Waals surface area (Å²) in [5.41, 5.74) is 5.82. The fourth-order valence-corrected chi connectivity index (χ4v) is 1.19. The van der Waals surface area contributed by atoms with Crippen molar-refractivity contribution in [3.63, 3.8) is 0 Å². The molecule has 0 amide bonds. The van der Waals surface area contributed by atoms with Crippen LogP contribution in [0, 0.1) is 5.41 Å². The van der Waals surface area contributed by atoms with Crippen LogP contribution in [0.25, 0.3) is 0 Å². The second-order valence-electron chi connectivity index (χ2n) is 5.02. The molecular weight excluding hydrogens is 178 g/mol. The smallest absolute Gasteiger partial charge is 0.228 e. The third-order valence-corrected chi connectivity index (χ3v) is 1.70. The van der Waals surface area contributed by atoms with Crippen molar-refractivity contribution in [1.29, 1.82) is 0 Å². The van der Waals surface area contributed by atoms with E-state index in [1.807, 2.05) is 6.92 Å². The Labute approximate surface area is 84.9 Å². The number of nitrogens with two attached hydrogens (primary N) is 1. The Bertz CT molecular complexity index is 286. The van der Waals surface area contributed by atoms with Gasteiger partial charge in [0.1, 0.15) is 0 Å². The van der Waals surface area contributed by atoms with Crippen LogP contribution < -0.4 is 5.73 Å². The van der Waals surface area contributed by atoms with E-state index in [2.05, 4.69) is 30.9 Å². The van der Waals surface area contributed by atoms with Gasteiger partial charge < -0.3 is 10.3 Å². The number of rotatable bonds is 3. The molecule has 14 heavy (non-hydrogen) atoms. The second kappa shape index (κ2) is 4.09. The Morgan fingerprint density at radius 2 is 2.07 bits per heavy atom. The zero-order chi connectivity index (χ0) is 10.8. The van der Waals surface area contributed by atoms with E-state index in [1.54, 1.807) is 0 Å². The molecule has 0 saturated heterocycles. The lowest BCUT2D eigenvalue weighted by molar-refractivity contribution is 0.350. The van der Waals surface area contributed by atoms with E-state index in [4.69, 9.17) is 10.3 Å². The Kier molecular flexibility index (Phi) is 3.26. The molecule has 1 heterocycles. The molecule has 0 bridgehead atoms. The summed E-state index contributed by atoms with van der Waals surface area (Å²) in [5.74, 6) is 1.41. The Hall–Kier alpha value is -0.900. The molecule has 0 radical (unpaired) electrons. The maximum Gasteiger partial charge on any atom is 0.228 e. The predicted molar refractivity (Wildman–Crippen MR) is 54.8 cm³/mol. The van der Waals surface area contributed by atoms with E-state index in [1.165, 1.54) is 0 Å². The number of hydrogen-bond acceptors (Lipinski definition) is 4. The highest BCUT2D eigenvalue weighted by Gasteiger charge is 2.16. The Morgan fingerprint density at radius 3 is 2.57 bits per heavy atom. The third kappa shape index (κ3) is 3.87. The zero-order valence-electron chi connectivity index (χ0n) is 9.37. The van der Waals surface area contributed by atoms with Crippen LogP contribution in [0.5, 0.6) is 0 Å². The van der Waals surface area contributed by atoms with Crippen LogP contribution in [-0.2, 0) is 12.8 Å². The zero-order valence-corrected chi connectivity index (χ0v) is 9.37. The van der Waals surface area contributed by atoms with Crippen LogP contribution >= 0.6 is 0 Å². The van der Waals surface area contributed by atoms with E-state index in [0.29, 0.717) is 12.3 Å². The maximum atomic E-state index is 5.63. The minimum Gasteiger partial charge on any atom is -0.339 e. The lowest BCUT2D eigenvalue weighted by Crippen LogP contribution is -2.18. The summed E-state index contributed by atoms with van der Waals surface area (Å²) in [7, 11) is 0. The molecule has 0 fully saturated rings. The largest absolute Gasteiger partial charge is 0.339 e. The highest BCUT2D eigenvalue weighted by atomic mass is 16.5. The number of hydrogen-bond donors (Lipinski definition) is 1. The highest BCUT2D eigenvalue weighted by molar-refractivity contribution is 4.91. The van der Waals surface area contributed by atoms with Crippen molar-refractivity contribution in [2.45, 2.75) is 46.6 Å². The molecule has 1 aromatic heterocycles. The van der Waals surface area contributed by atoms with Crippen molar-refractivity contribution in [3.05, 3.63) is 11.7 Å². The van der Waals surface area contributed by atoms with Gasteiger partial charge in [-0.25, -0.2) is 0 Å². The summed E-state index contributed by atoms with van der Waals surface area (Å²) in [4.78, 5) is 4.28. The van der Waals surface area contributed by atoms with E-state index in [9.17, 15) is 0 Å². The SMILES string of the molecule is CC(N)Cc1nc(CC(C)(C)C)no1. The first-order chi connectivity index (χ1) is 6.37. The minimum absolute atomic E-state index is 0.0675. The Morgan fingerprint density at radius 1 is 1.43 bits per heavy atom. The van der Waals surface area contributed by atoms with Gasteiger partial charge >= 0.3 is 0 Å². The molecule has 4 nitrogen and oxygen atoms in total.